The quantitative estimate of drug-likeness (QED) is 0.548. The molecule has 0 fully saturated rings. The lowest BCUT2D eigenvalue weighted by Gasteiger charge is -2.16. The van der Waals surface area contributed by atoms with Gasteiger partial charge in [-0.15, -0.1) is 11.3 Å². The maximum absolute atomic E-state index is 12.5. The van der Waals surface area contributed by atoms with Gasteiger partial charge in [0, 0.05) is 17.5 Å². The average Bonchev–Trinajstić information content (AvgIpc) is 3.17. The van der Waals surface area contributed by atoms with Crippen LogP contribution < -0.4 is 5.32 Å². The van der Waals surface area contributed by atoms with Gasteiger partial charge in [0.05, 0.1) is 22.1 Å². The molecule has 0 saturated heterocycles. The molecule has 154 valence electrons. The molecule has 0 aliphatic heterocycles. The van der Waals surface area contributed by atoms with Gasteiger partial charge in [-0.1, -0.05) is 41.9 Å². The van der Waals surface area contributed by atoms with Crippen molar-refractivity contribution >= 4 is 46.4 Å². The van der Waals surface area contributed by atoms with Crippen molar-refractivity contribution in [3.05, 3.63) is 87.1 Å². The minimum atomic E-state index is -0.695. The highest BCUT2D eigenvalue weighted by Crippen LogP contribution is 2.22. The molecule has 0 aliphatic rings. The number of rotatable bonds is 7. The van der Waals surface area contributed by atoms with E-state index in [-0.39, 0.29) is 17.4 Å². The zero-order valence-corrected chi connectivity index (χ0v) is 17.7. The fourth-order valence-electron chi connectivity index (χ4n) is 2.63. The summed E-state index contributed by atoms with van der Waals surface area (Å²) in [6, 6.07) is 18.8. The Balaban J connectivity index is 1.60. The van der Waals surface area contributed by atoms with Crippen LogP contribution in [0.2, 0.25) is 4.34 Å². The largest absolute Gasteiger partial charge is 0.452 e. The van der Waals surface area contributed by atoms with Crippen molar-refractivity contribution in [3.8, 4) is 0 Å². The number of ether oxygens (including phenoxy) is 1. The molecule has 2 aromatic carbocycles. The average molecular weight is 443 g/mol. The predicted molar refractivity (Wildman–Crippen MR) is 117 cm³/mol. The van der Waals surface area contributed by atoms with Crippen molar-refractivity contribution in [3.63, 3.8) is 0 Å². The molecule has 1 N–H and O–H groups in total. The van der Waals surface area contributed by atoms with E-state index < -0.39 is 12.6 Å². The minimum absolute atomic E-state index is 0.169. The monoisotopic (exact) mass is 442 g/mol. The number of hydrogen-bond donors (Lipinski definition) is 1. The summed E-state index contributed by atoms with van der Waals surface area (Å²) < 4.78 is 5.82. The number of amides is 2. The zero-order valence-electron chi connectivity index (χ0n) is 16.1. The number of nitrogens with one attached hydrogen (secondary N) is 1. The third kappa shape index (κ3) is 5.68. The summed E-state index contributed by atoms with van der Waals surface area (Å²) in [6.07, 6.45) is 0. The highest BCUT2D eigenvalue weighted by Gasteiger charge is 2.18. The van der Waals surface area contributed by atoms with Crippen LogP contribution in [0.5, 0.6) is 0 Å². The number of carbonyl (C=O) groups is 3. The first-order chi connectivity index (χ1) is 14.4. The van der Waals surface area contributed by atoms with Gasteiger partial charge in [-0.2, -0.15) is 0 Å². The number of nitrogens with zero attached hydrogens (tertiary/aromatic N) is 1. The molecule has 8 heteroatoms. The van der Waals surface area contributed by atoms with Gasteiger partial charge in [0.1, 0.15) is 0 Å². The van der Waals surface area contributed by atoms with E-state index in [2.05, 4.69) is 5.32 Å². The highest BCUT2D eigenvalue weighted by atomic mass is 35.5. The topological polar surface area (TPSA) is 75.7 Å². The molecule has 0 bridgehead atoms. The van der Waals surface area contributed by atoms with Crippen molar-refractivity contribution < 1.29 is 19.1 Å². The Labute approximate surface area is 183 Å². The van der Waals surface area contributed by atoms with Gasteiger partial charge >= 0.3 is 5.97 Å². The summed E-state index contributed by atoms with van der Waals surface area (Å²) in [5.74, 6) is -1.39. The summed E-state index contributed by atoms with van der Waals surface area (Å²) in [6.45, 7) is -0.0348. The third-order valence-electron chi connectivity index (χ3n) is 4.21. The molecule has 1 heterocycles. The number of likely N-dealkylation sites (N-methyl/N-ethyl adjacent to an activating group) is 1. The van der Waals surface area contributed by atoms with Gasteiger partial charge in [-0.3, -0.25) is 9.59 Å². The van der Waals surface area contributed by atoms with Crippen LogP contribution >= 0.6 is 22.9 Å². The maximum Gasteiger partial charge on any atom is 0.340 e. The fourth-order valence-corrected chi connectivity index (χ4v) is 3.77. The second-order valence-electron chi connectivity index (χ2n) is 6.40. The Morgan fingerprint density at radius 3 is 2.40 bits per heavy atom. The lowest BCUT2D eigenvalue weighted by atomic mass is 10.1. The molecule has 2 amide bonds. The van der Waals surface area contributed by atoms with E-state index in [4.69, 9.17) is 16.3 Å². The van der Waals surface area contributed by atoms with Gasteiger partial charge in [0.15, 0.2) is 6.61 Å². The second-order valence-corrected chi connectivity index (χ2v) is 8.20. The van der Waals surface area contributed by atoms with Crippen LogP contribution in [0.4, 0.5) is 5.69 Å². The first-order valence-electron chi connectivity index (χ1n) is 9.05. The van der Waals surface area contributed by atoms with E-state index in [0.29, 0.717) is 22.1 Å². The van der Waals surface area contributed by atoms with Crippen LogP contribution in [0.15, 0.2) is 66.7 Å². The Morgan fingerprint density at radius 1 is 1.00 bits per heavy atom. The number of halogens is 1. The summed E-state index contributed by atoms with van der Waals surface area (Å²) in [4.78, 5) is 39.6. The van der Waals surface area contributed by atoms with Gasteiger partial charge < -0.3 is 15.0 Å². The first kappa shape index (κ1) is 21.5. The SMILES string of the molecule is CN(Cc1ccc(Cl)s1)C(=O)COC(=O)c1ccccc1NC(=O)c1ccccc1. The van der Waals surface area contributed by atoms with E-state index in [1.165, 1.54) is 22.3 Å². The molecule has 0 aliphatic carbocycles. The molecular weight excluding hydrogens is 424 g/mol. The number of anilines is 1. The van der Waals surface area contributed by atoms with Gasteiger partial charge in [-0.05, 0) is 36.4 Å². The first-order valence-corrected chi connectivity index (χ1v) is 10.2. The second kappa shape index (κ2) is 10.0. The van der Waals surface area contributed by atoms with Crippen LogP contribution in [0.1, 0.15) is 25.6 Å². The number of esters is 1. The minimum Gasteiger partial charge on any atom is -0.452 e. The van der Waals surface area contributed by atoms with Crippen LogP contribution in [0.25, 0.3) is 0 Å². The van der Waals surface area contributed by atoms with Crippen molar-refractivity contribution in [1.29, 1.82) is 0 Å². The molecule has 3 aromatic rings. The Hall–Kier alpha value is -3.16. The molecule has 30 heavy (non-hydrogen) atoms. The number of carbonyl (C=O) groups excluding carboxylic acids is 3. The number of benzene rings is 2. The molecule has 6 nitrogen and oxygen atoms in total. The molecule has 0 spiro atoms. The fraction of sp³-hybridized carbons (Fsp3) is 0.136. The lowest BCUT2D eigenvalue weighted by Crippen LogP contribution is -2.30. The van der Waals surface area contributed by atoms with Gasteiger partial charge in [-0.25, -0.2) is 4.79 Å². The number of thiophene rings is 1. The van der Waals surface area contributed by atoms with E-state index in [0.717, 1.165) is 4.88 Å². The van der Waals surface area contributed by atoms with E-state index in [9.17, 15) is 14.4 Å². The number of para-hydroxylation sites is 1. The van der Waals surface area contributed by atoms with Crippen LogP contribution in [-0.2, 0) is 16.1 Å². The Kier molecular flexibility index (Phi) is 7.21. The van der Waals surface area contributed by atoms with Crippen molar-refractivity contribution in [2.24, 2.45) is 0 Å². The highest BCUT2D eigenvalue weighted by molar-refractivity contribution is 7.16. The van der Waals surface area contributed by atoms with E-state index >= 15 is 0 Å². The lowest BCUT2D eigenvalue weighted by molar-refractivity contribution is -0.133. The molecule has 0 atom stereocenters. The van der Waals surface area contributed by atoms with Crippen LogP contribution in [0, 0.1) is 0 Å². The maximum atomic E-state index is 12.5. The number of hydrogen-bond acceptors (Lipinski definition) is 5. The zero-order chi connectivity index (χ0) is 21.5. The molecule has 0 unspecified atom stereocenters. The van der Waals surface area contributed by atoms with Crippen LogP contribution in [0.3, 0.4) is 0 Å². The van der Waals surface area contributed by atoms with Gasteiger partial charge in [0.2, 0.25) is 0 Å². The van der Waals surface area contributed by atoms with E-state index in [1.54, 1.807) is 55.6 Å². The molecular formula is C22H19ClN2O4S. The standard InChI is InChI=1S/C22H19ClN2O4S/c1-25(13-16-11-12-19(23)30-16)20(26)14-29-22(28)17-9-5-6-10-18(17)24-21(27)15-7-3-2-4-8-15/h2-12H,13-14H2,1H3,(H,24,27). The smallest absolute Gasteiger partial charge is 0.340 e. The summed E-state index contributed by atoms with van der Waals surface area (Å²) in [5, 5.41) is 2.71. The summed E-state index contributed by atoms with van der Waals surface area (Å²) in [7, 11) is 1.62. The molecule has 0 radical (unpaired) electrons. The Bertz CT molecular complexity index is 1050. The van der Waals surface area contributed by atoms with E-state index in [1.807, 2.05) is 12.1 Å². The predicted octanol–water partition coefficient (Wildman–Crippen LogP) is 4.47. The molecule has 1 aromatic heterocycles. The van der Waals surface area contributed by atoms with Crippen molar-refractivity contribution in [1.82, 2.24) is 4.90 Å². The van der Waals surface area contributed by atoms with Crippen molar-refractivity contribution in [2.75, 3.05) is 19.0 Å². The van der Waals surface area contributed by atoms with Crippen molar-refractivity contribution in [2.45, 2.75) is 6.54 Å². The summed E-state index contributed by atoms with van der Waals surface area (Å²) >= 11 is 7.28. The Morgan fingerprint density at radius 2 is 1.70 bits per heavy atom. The van der Waals surface area contributed by atoms with Gasteiger partial charge in [0.25, 0.3) is 11.8 Å². The summed E-state index contributed by atoms with van der Waals surface area (Å²) in [5.41, 5.74) is 0.943. The normalized spacial score (nSPS) is 10.3. The third-order valence-corrected chi connectivity index (χ3v) is 5.42. The molecule has 3 rings (SSSR count). The molecule has 0 saturated carbocycles. The van der Waals surface area contributed by atoms with Crippen LogP contribution in [-0.4, -0.2) is 36.3 Å².